The number of benzene rings is 3. The number of hydrogen-bond donors (Lipinski definition) is 2. The van der Waals surface area contributed by atoms with Crippen LogP contribution in [0.4, 0.5) is 11.4 Å². The number of anilines is 2. The number of hydrogen-bond acceptors (Lipinski definition) is 5. The molecule has 1 aliphatic rings. The lowest BCUT2D eigenvalue weighted by Crippen LogP contribution is -2.29. The first-order chi connectivity index (χ1) is 17.5. The van der Waals surface area contributed by atoms with Gasteiger partial charge in [-0.15, -0.1) is 0 Å². The molecule has 0 unspecified atom stereocenters. The minimum absolute atomic E-state index is 0.156. The number of carbonyl (C=O) groups is 4. The molecule has 2 N–H and O–H groups in total. The molecule has 0 radical (unpaired) electrons. The zero-order chi connectivity index (χ0) is 25.1. The lowest BCUT2D eigenvalue weighted by molar-refractivity contribution is 0.0642. The summed E-state index contributed by atoms with van der Waals surface area (Å²) < 4.78 is 0. The van der Waals surface area contributed by atoms with Gasteiger partial charge < -0.3 is 10.6 Å². The van der Waals surface area contributed by atoms with Crippen molar-refractivity contribution < 1.29 is 19.2 Å². The van der Waals surface area contributed by atoms with E-state index in [1.165, 1.54) is 23.1 Å². The Balaban J connectivity index is 1.30. The summed E-state index contributed by atoms with van der Waals surface area (Å²) in [4.78, 5) is 56.3. The van der Waals surface area contributed by atoms with Gasteiger partial charge in [0.15, 0.2) is 0 Å². The van der Waals surface area contributed by atoms with Gasteiger partial charge in [0, 0.05) is 34.9 Å². The highest BCUT2D eigenvalue weighted by Crippen LogP contribution is 2.26. The highest BCUT2D eigenvalue weighted by Gasteiger charge is 2.36. The van der Waals surface area contributed by atoms with E-state index < -0.39 is 17.7 Å². The molecule has 1 aliphatic heterocycles. The third-order valence-corrected chi connectivity index (χ3v) is 5.74. The summed E-state index contributed by atoms with van der Waals surface area (Å²) in [6.07, 6.45) is 3.14. The van der Waals surface area contributed by atoms with Gasteiger partial charge >= 0.3 is 0 Å². The maximum absolute atomic E-state index is 12.9. The number of nitrogens with zero attached hydrogens (tertiary/aromatic N) is 2. The third-order valence-electron chi connectivity index (χ3n) is 5.74. The Morgan fingerprint density at radius 1 is 0.667 bits per heavy atom. The van der Waals surface area contributed by atoms with E-state index in [2.05, 4.69) is 15.6 Å². The molecule has 0 saturated heterocycles. The number of pyridine rings is 1. The van der Waals surface area contributed by atoms with Crippen LogP contribution in [-0.4, -0.2) is 33.5 Å². The van der Waals surface area contributed by atoms with Crippen LogP contribution in [0.1, 0.15) is 47.0 Å². The SMILES string of the molecule is O=C(Nc1ccncc1)c1cccc(NC(=O)c2ccc3c(c2)C(=O)N(Cc2ccccc2)C3=O)c1. The van der Waals surface area contributed by atoms with E-state index in [1.807, 2.05) is 30.3 Å². The van der Waals surface area contributed by atoms with E-state index >= 15 is 0 Å². The van der Waals surface area contributed by atoms with Crippen molar-refractivity contribution in [1.82, 2.24) is 9.88 Å². The van der Waals surface area contributed by atoms with Gasteiger partial charge in [-0.3, -0.25) is 29.1 Å². The summed E-state index contributed by atoms with van der Waals surface area (Å²) in [6.45, 7) is 0.156. The number of rotatable bonds is 6. The van der Waals surface area contributed by atoms with Crippen molar-refractivity contribution in [2.75, 3.05) is 10.6 Å². The first-order valence-corrected chi connectivity index (χ1v) is 11.2. The molecule has 36 heavy (non-hydrogen) atoms. The zero-order valence-corrected chi connectivity index (χ0v) is 19.0. The van der Waals surface area contributed by atoms with Gasteiger partial charge in [0.1, 0.15) is 0 Å². The average Bonchev–Trinajstić information content (AvgIpc) is 3.14. The second-order valence-electron chi connectivity index (χ2n) is 8.17. The van der Waals surface area contributed by atoms with Crippen molar-refractivity contribution in [2.45, 2.75) is 6.54 Å². The smallest absolute Gasteiger partial charge is 0.261 e. The normalized spacial score (nSPS) is 12.3. The summed E-state index contributed by atoms with van der Waals surface area (Å²) in [5, 5.41) is 5.51. The first kappa shape index (κ1) is 22.7. The molecule has 0 bridgehead atoms. The van der Waals surface area contributed by atoms with Crippen LogP contribution in [0.5, 0.6) is 0 Å². The molecule has 176 valence electrons. The highest BCUT2D eigenvalue weighted by atomic mass is 16.2. The highest BCUT2D eigenvalue weighted by molar-refractivity contribution is 6.22. The predicted octanol–water partition coefficient (Wildman–Crippen LogP) is 4.38. The molecule has 0 spiro atoms. The van der Waals surface area contributed by atoms with Gasteiger partial charge in [-0.25, -0.2) is 0 Å². The lowest BCUT2D eigenvalue weighted by Gasteiger charge is -2.13. The molecular formula is C28H20N4O4. The lowest BCUT2D eigenvalue weighted by atomic mass is 10.1. The third kappa shape index (κ3) is 4.60. The summed E-state index contributed by atoms with van der Waals surface area (Å²) in [5.74, 6) is -1.63. The van der Waals surface area contributed by atoms with Crippen LogP contribution in [0.15, 0.2) is 97.3 Å². The topological polar surface area (TPSA) is 108 Å². The fraction of sp³-hybridized carbons (Fsp3) is 0.0357. The number of imide groups is 1. The van der Waals surface area contributed by atoms with Gasteiger partial charge in [0.2, 0.25) is 0 Å². The number of aromatic nitrogens is 1. The van der Waals surface area contributed by atoms with E-state index in [0.29, 0.717) is 16.9 Å². The molecule has 0 aliphatic carbocycles. The van der Waals surface area contributed by atoms with Crippen molar-refractivity contribution in [3.8, 4) is 0 Å². The number of nitrogens with one attached hydrogen (secondary N) is 2. The van der Waals surface area contributed by atoms with E-state index in [4.69, 9.17) is 0 Å². The van der Waals surface area contributed by atoms with Crippen LogP contribution in [-0.2, 0) is 6.54 Å². The van der Waals surface area contributed by atoms with Crippen LogP contribution < -0.4 is 10.6 Å². The van der Waals surface area contributed by atoms with Gasteiger partial charge in [-0.2, -0.15) is 0 Å². The fourth-order valence-electron chi connectivity index (χ4n) is 3.92. The second-order valence-corrected chi connectivity index (χ2v) is 8.17. The van der Waals surface area contributed by atoms with Crippen LogP contribution in [0.3, 0.4) is 0 Å². The van der Waals surface area contributed by atoms with Crippen LogP contribution in [0.2, 0.25) is 0 Å². The number of fused-ring (bicyclic) bond motifs is 1. The Hall–Kier alpha value is -5.11. The molecule has 8 heteroatoms. The largest absolute Gasteiger partial charge is 0.322 e. The Morgan fingerprint density at radius 2 is 1.33 bits per heavy atom. The van der Waals surface area contributed by atoms with Gasteiger partial charge in [-0.1, -0.05) is 36.4 Å². The molecular weight excluding hydrogens is 456 g/mol. The summed E-state index contributed by atoms with van der Waals surface area (Å²) in [5.41, 5.74) is 2.88. The molecule has 8 nitrogen and oxygen atoms in total. The van der Waals surface area contributed by atoms with Crippen LogP contribution >= 0.6 is 0 Å². The average molecular weight is 476 g/mol. The molecule has 2 heterocycles. The van der Waals surface area contributed by atoms with E-state index in [0.717, 1.165) is 5.56 Å². The Morgan fingerprint density at radius 3 is 2.08 bits per heavy atom. The van der Waals surface area contributed by atoms with E-state index in [-0.39, 0.29) is 29.1 Å². The molecule has 0 saturated carbocycles. The maximum atomic E-state index is 12.9. The molecule has 0 atom stereocenters. The molecule has 5 rings (SSSR count). The molecule has 1 aromatic heterocycles. The number of carbonyl (C=O) groups excluding carboxylic acids is 4. The summed E-state index contributed by atoms with van der Waals surface area (Å²) in [6, 6.07) is 23.5. The maximum Gasteiger partial charge on any atom is 0.261 e. The minimum Gasteiger partial charge on any atom is -0.322 e. The van der Waals surface area contributed by atoms with Gasteiger partial charge in [0.25, 0.3) is 23.6 Å². The van der Waals surface area contributed by atoms with Crippen LogP contribution in [0.25, 0.3) is 0 Å². The quantitative estimate of drug-likeness (QED) is 0.402. The summed E-state index contributed by atoms with van der Waals surface area (Å²) >= 11 is 0. The Kier molecular flexibility index (Phi) is 6.07. The van der Waals surface area contributed by atoms with Gasteiger partial charge in [0.05, 0.1) is 17.7 Å². The Bertz CT molecular complexity index is 1490. The minimum atomic E-state index is -0.466. The van der Waals surface area contributed by atoms with Crippen molar-refractivity contribution >= 4 is 35.0 Å². The Labute approximate surface area is 206 Å². The van der Waals surface area contributed by atoms with Crippen molar-refractivity contribution in [1.29, 1.82) is 0 Å². The van der Waals surface area contributed by atoms with Crippen LogP contribution in [0, 0.1) is 0 Å². The van der Waals surface area contributed by atoms with Crippen molar-refractivity contribution in [3.05, 3.63) is 125 Å². The molecule has 0 fully saturated rings. The van der Waals surface area contributed by atoms with E-state index in [9.17, 15) is 19.2 Å². The summed E-state index contributed by atoms with van der Waals surface area (Å²) in [7, 11) is 0. The zero-order valence-electron chi connectivity index (χ0n) is 19.0. The predicted molar refractivity (Wildman–Crippen MR) is 134 cm³/mol. The second kappa shape index (κ2) is 9.63. The number of amides is 4. The van der Waals surface area contributed by atoms with Crippen molar-refractivity contribution in [3.63, 3.8) is 0 Å². The standard InChI is InChI=1S/C28H20N4O4/c33-25(30-21-11-13-29-14-12-21)19-7-4-8-22(15-19)31-26(34)20-9-10-23-24(16-20)28(36)32(27(23)35)17-18-5-2-1-3-6-18/h1-16H,17H2,(H,31,34)(H,29,30,33). The first-order valence-electron chi connectivity index (χ1n) is 11.2. The van der Waals surface area contributed by atoms with E-state index in [1.54, 1.807) is 48.8 Å². The monoisotopic (exact) mass is 476 g/mol. The van der Waals surface area contributed by atoms with Gasteiger partial charge in [-0.05, 0) is 54.1 Å². The molecule has 3 aromatic carbocycles. The fourth-order valence-corrected chi connectivity index (χ4v) is 3.92. The molecule has 4 amide bonds. The van der Waals surface area contributed by atoms with Crippen molar-refractivity contribution in [2.24, 2.45) is 0 Å². The molecule has 4 aromatic rings.